The highest BCUT2D eigenvalue weighted by Crippen LogP contribution is 2.11. The summed E-state index contributed by atoms with van der Waals surface area (Å²) in [7, 11) is 0. The molecule has 11 heteroatoms. The lowest BCUT2D eigenvalue weighted by molar-refractivity contribution is -0.143. The average Bonchev–Trinajstić information content (AvgIpc) is 2.75. The van der Waals surface area contributed by atoms with Gasteiger partial charge in [0.2, 0.25) is 17.7 Å². The van der Waals surface area contributed by atoms with Gasteiger partial charge in [-0.2, -0.15) is 23.5 Å². The fraction of sp³-hybridized carbons (Fsp3) is 0.818. The van der Waals surface area contributed by atoms with E-state index in [9.17, 15) is 24.3 Å². The zero-order chi connectivity index (χ0) is 25.6. The molecule has 0 aliphatic rings. The molecule has 0 fully saturated rings. The molecule has 0 aliphatic heterocycles. The molecular weight excluding hydrogens is 464 g/mol. The van der Waals surface area contributed by atoms with Crippen LogP contribution in [0.4, 0.5) is 0 Å². The number of hydrogen-bond donors (Lipinski definition) is 5. The maximum atomic E-state index is 13.0. The largest absolute Gasteiger partial charge is 0.480 e. The summed E-state index contributed by atoms with van der Waals surface area (Å²) in [5.41, 5.74) is 5.96. The zero-order valence-corrected chi connectivity index (χ0v) is 22.3. The van der Waals surface area contributed by atoms with Gasteiger partial charge in [0.1, 0.15) is 18.1 Å². The van der Waals surface area contributed by atoms with Crippen LogP contribution < -0.4 is 21.7 Å². The standard InChI is InChI=1S/C22H42N4O5S2/c1-7-14(4)18(22(30)31)26-21(29)17(9-11-33-6)25-20(28)16(8-10-32-5)24-19(27)15(23)12-13(2)3/h13-18H,7-12,23H2,1-6H3,(H,24,27)(H,25,28)(H,26,29)(H,30,31). The van der Waals surface area contributed by atoms with Gasteiger partial charge < -0.3 is 26.8 Å². The van der Waals surface area contributed by atoms with Gasteiger partial charge in [-0.05, 0) is 55.1 Å². The Hall–Kier alpha value is -1.46. The van der Waals surface area contributed by atoms with Gasteiger partial charge >= 0.3 is 5.97 Å². The summed E-state index contributed by atoms with van der Waals surface area (Å²) in [6, 6.07) is -3.51. The highest BCUT2D eigenvalue weighted by molar-refractivity contribution is 7.98. The van der Waals surface area contributed by atoms with E-state index in [2.05, 4.69) is 16.0 Å². The minimum Gasteiger partial charge on any atom is -0.480 e. The first kappa shape index (κ1) is 31.5. The van der Waals surface area contributed by atoms with Crippen molar-refractivity contribution in [1.82, 2.24) is 16.0 Å². The number of rotatable bonds is 17. The number of carbonyl (C=O) groups is 4. The van der Waals surface area contributed by atoms with Crippen LogP contribution in [0.3, 0.4) is 0 Å². The van der Waals surface area contributed by atoms with E-state index in [0.29, 0.717) is 37.2 Å². The van der Waals surface area contributed by atoms with Crippen molar-refractivity contribution in [3.8, 4) is 0 Å². The molecule has 0 radical (unpaired) electrons. The first-order chi connectivity index (χ1) is 15.5. The molecule has 0 aromatic rings. The molecule has 0 bridgehead atoms. The van der Waals surface area contributed by atoms with Crippen molar-refractivity contribution in [3.05, 3.63) is 0 Å². The number of aliphatic carboxylic acids is 1. The van der Waals surface area contributed by atoms with Crippen molar-refractivity contribution >= 4 is 47.2 Å². The fourth-order valence-corrected chi connectivity index (χ4v) is 4.05. The van der Waals surface area contributed by atoms with Gasteiger partial charge in [0.25, 0.3) is 0 Å². The number of carboxylic acids is 1. The molecule has 0 aliphatic carbocycles. The van der Waals surface area contributed by atoms with Crippen LogP contribution >= 0.6 is 23.5 Å². The van der Waals surface area contributed by atoms with Gasteiger partial charge in [0.15, 0.2) is 0 Å². The molecule has 3 amide bonds. The maximum Gasteiger partial charge on any atom is 0.326 e. The third-order valence-corrected chi connectivity index (χ3v) is 6.61. The summed E-state index contributed by atoms with van der Waals surface area (Å²) in [5.74, 6) is -1.34. The second kappa shape index (κ2) is 17.0. The topological polar surface area (TPSA) is 151 Å². The summed E-state index contributed by atoms with van der Waals surface area (Å²) in [4.78, 5) is 50.1. The summed E-state index contributed by atoms with van der Waals surface area (Å²) in [6.45, 7) is 7.53. The molecule has 0 aromatic heterocycles. The smallest absolute Gasteiger partial charge is 0.326 e. The number of nitrogens with one attached hydrogen (secondary N) is 3. The third-order valence-electron chi connectivity index (χ3n) is 5.33. The molecule has 0 spiro atoms. The van der Waals surface area contributed by atoms with Crippen LogP contribution in [0.15, 0.2) is 0 Å². The Morgan fingerprint density at radius 1 is 0.848 bits per heavy atom. The SMILES string of the molecule is CCC(C)C(NC(=O)C(CCSC)NC(=O)C(CCSC)NC(=O)C(N)CC(C)C)C(=O)O. The van der Waals surface area contributed by atoms with Crippen molar-refractivity contribution in [2.24, 2.45) is 17.6 Å². The van der Waals surface area contributed by atoms with Crippen molar-refractivity contribution in [3.63, 3.8) is 0 Å². The molecule has 0 saturated carbocycles. The molecule has 0 saturated heterocycles. The van der Waals surface area contributed by atoms with E-state index < -0.39 is 47.9 Å². The summed E-state index contributed by atoms with van der Waals surface area (Å²) >= 11 is 3.06. The van der Waals surface area contributed by atoms with E-state index in [1.54, 1.807) is 6.92 Å². The van der Waals surface area contributed by atoms with E-state index in [1.165, 1.54) is 23.5 Å². The zero-order valence-electron chi connectivity index (χ0n) is 20.7. The molecule has 9 nitrogen and oxygen atoms in total. The number of hydrogen-bond acceptors (Lipinski definition) is 7. The van der Waals surface area contributed by atoms with Crippen LogP contribution in [0.2, 0.25) is 0 Å². The Morgan fingerprint density at radius 3 is 1.70 bits per heavy atom. The van der Waals surface area contributed by atoms with Crippen LogP contribution in [0.1, 0.15) is 53.4 Å². The Balaban J connectivity index is 5.45. The van der Waals surface area contributed by atoms with Gasteiger partial charge in [-0.3, -0.25) is 14.4 Å². The molecule has 5 atom stereocenters. The Kier molecular flexibility index (Phi) is 16.3. The molecule has 5 unspecified atom stereocenters. The Labute approximate surface area is 206 Å². The molecule has 192 valence electrons. The first-order valence-corrected chi connectivity index (χ1v) is 14.1. The van der Waals surface area contributed by atoms with E-state index >= 15 is 0 Å². The van der Waals surface area contributed by atoms with Gasteiger partial charge in [-0.25, -0.2) is 4.79 Å². The fourth-order valence-electron chi connectivity index (χ4n) is 3.11. The summed E-state index contributed by atoms with van der Waals surface area (Å²) in [5, 5.41) is 17.5. The van der Waals surface area contributed by atoms with E-state index in [4.69, 9.17) is 5.73 Å². The van der Waals surface area contributed by atoms with Crippen LogP contribution in [-0.2, 0) is 19.2 Å². The van der Waals surface area contributed by atoms with E-state index in [1.807, 2.05) is 33.3 Å². The molecule has 33 heavy (non-hydrogen) atoms. The van der Waals surface area contributed by atoms with E-state index in [0.717, 1.165) is 0 Å². The summed E-state index contributed by atoms with van der Waals surface area (Å²) < 4.78 is 0. The second-order valence-corrected chi connectivity index (χ2v) is 10.6. The highest BCUT2D eigenvalue weighted by atomic mass is 32.2. The maximum absolute atomic E-state index is 13.0. The number of amides is 3. The molecule has 0 rings (SSSR count). The second-order valence-electron chi connectivity index (χ2n) is 8.63. The minimum atomic E-state index is -1.11. The molecule has 0 aromatic carbocycles. The lowest BCUT2D eigenvalue weighted by Crippen LogP contribution is -2.58. The lowest BCUT2D eigenvalue weighted by Gasteiger charge is -2.26. The molecule has 6 N–H and O–H groups in total. The lowest BCUT2D eigenvalue weighted by atomic mass is 9.98. The number of thioether (sulfide) groups is 2. The predicted octanol–water partition coefficient (Wildman–Crippen LogP) is 1.45. The number of nitrogens with two attached hydrogens (primary N) is 1. The molecule has 0 heterocycles. The van der Waals surface area contributed by atoms with Gasteiger partial charge in [-0.1, -0.05) is 34.1 Å². The normalized spacial score (nSPS) is 15.8. The van der Waals surface area contributed by atoms with Gasteiger partial charge in [-0.15, -0.1) is 0 Å². The quantitative estimate of drug-likeness (QED) is 0.199. The predicted molar refractivity (Wildman–Crippen MR) is 136 cm³/mol. The van der Waals surface area contributed by atoms with Crippen molar-refractivity contribution in [1.29, 1.82) is 0 Å². The van der Waals surface area contributed by atoms with Crippen molar-refractivity contribution in [2.45, 2.75) is 77.5 Å². The van der Waals surface area contributed by atoms with Crippen LogP contribution in [-0.4, -0.2) is 77.0 Å². The molecular formula is C22H42N4O5S2. The minimum absolute atomic E-state index is 0.233. The number of carbonyl (C=O) groups excluding carboxylic acids is 3. The highest BCUT2D eigenvalue weighted by Gasteiger charge is 2.31. The van der Waals surface area contributed by atoms with Gasteiger partial charge in [0.05, 0.1) is 6.04 Å². The van der Waals surface area contributed by atoms with Crippen molar-refractivity contribution in [2.75, 3.05) is 24.0 Å². The van der Waals surface area contributed by atoms with E-state index in [-0.39, 0.29) is 11.8 Å². The first-order valence-electron chi connectivity index (χ1n) is 11.4. The third kappa shape index (κ3) is 12.5. The van der Waals surface area contributed by atoms with Crippen molar-refractivity contribution < 1.29 is 24.3 Å². The van der Waals surface area contributed by atoms with Crippen LogP contribution in [0, 0.1) is 11.8 Å². The van der Waals surface area contributed by atoms with Crippen LogP contribution in [0.5, 0.6) is 0 Å². The monoisotopic (exact) mass is 506 g/mol. The van der Waals surface area contributed by atoms with Crippen LogP contribution in [0.25, 0.3) is 0 Å². The Morgan fingerprint density at radius 2 is 1.30 bits per heavy atom. The average molecular weight is 507 g/mol. The number of carboxylic acid groups (broad SMARTS) is 1. The summed E-state index contributed by atoms with van der Waals surface area (Å²) in [6.07, 6.45) is 5.58. The van der Waals surface area contributed by atoms with Gasteiger partial charge in [0, 0.05) is 0 Å². The Bertz CT molecular complexity index is 636.